The zero-order chi connectivity index (χ0) is 12.2. The predicted molar refractivity (Wildman–Crippen MR) is 54.5 cm³/mol. The van der Waals surface area contributed by atoms with Gasteiger partial charge in [-0.05, 0) is 24.5 Å². The minimum Gasteiger partial charge on any atom is -0.198 e. The normalized spacial score (nSPS) is 13.2. The third-order valence-electron chi connectivity index (χ3n) is 2.41. The van der Waals surface area contributed by atoms with Crippen molar-refractivity contribution in [3.05, 3.63) is 35.4 Å². The molecule has 0 amide bonds. The highest BCUT2D eigenvalue weighted by Crippen LogP contribution is 2.30. The summed E-state index contributed by atoms with van der Waals surface area (Å²) in [4.78, 5) is 0. The third kappa shape index (κ3) is 3.27. The second-order valence-electron chi connectivity index (χ2n) is 3.64. The van der Waals surface area contributed by atoms with Crippen LogP contribution in [0.3, 0.4) is 0 Å². The molecule has 1 aromatic carbocycles. The van der Waals surface area contributed by atoms with Crippen LogP contribution in [0.1, 0.15) is 24.5 Å². The molecule has 0 aromatic heterocycles. The van der Waals surface area contributed by atoms with E-state index in [1.165, 1.54) is 6.07 Å². The summed E-state index contributed by atoms with van der Waals surface area (Å²) in [6.07, 6.45) is -3.30. The summed E-state index contributed by atoms with van der Waals surface area (Å²) in [5, 5.41) is 8.74. The van der Waals surface area contributed by atoms with Crippen molar-refractivity contribution in [3.63, 3.8) is 0 Å². The maximum atomic E-state index is 12.4. The van der Waals surface area contributed by atoms with Gasteiger partial charge in [0.1, 0.15) is 0 Å². The molecular formula is C12H12F3N. The van der Waals surface area contributed by atoms with Crippen molar-refractivity contribution >= 4 is 0 Å². The van der Waals surface area contributed by atoms with Crippen LogP contribution in [0.25, 0.3) is 0 Å². The van der Waals surface area contributed by atoms with Crippen LogP contribution in [0.15, 0.2) is 24.3 Å². The topological polar surface area (TPSA) is 23.8 Å². The smallest absolute Gasteiger partial charge is 0.198 e. The van der Waals surface area contributed by atoms with Crippen molar-refractivity contribution in [1.82, 2.24) is 0 Å². The Kier molecular flexibility index (Phi) is 3.94. The highest BCUT2D eigenvalue weighted by atomic mass is 19.4. The summed E-state index contributed by atoms with van der Waals surface area (Å²) >= 11 is 0. The predicted octanol–water partition coefficient (Wildman–Crippen LogP) is 3.80. The van der Waals surface area contributed by atoms with Crippen molar-refractivity contribution in [2.75, 3.05) is 0 Å². The fourth-order valence-corrected chi connectivity index (χ4v) is 1.44. The van der Waals surface area contributed by atoms with Gasteiger partial charge < -0.3 is 0 Å². The number of hydrogen-bond donors (Lipinski definition) is 0. The van der Waals surface area contributed by atoms with E-state index in [1.807, 2.05) is 6.92 Å². The molecule has 0 saturated carbocycles. The molecule has 1 unspecified atom stereocenters. The van der Waals surface area contributed by atoms with E-state index < -0.39 is 11.7 Å². The van der Waals surface area contributed by atoms with Gasteiger partial charge in [0, 0.05) is 0 Å². The first-order chi connectivity index (χ1) is 7.47. The second-order valence-corrected chi connectivity index (χ2v) is 3.64. The first-order valence-electron chi connectivity index (χ1n) is 5.03. The van der Waals surface area contributed by atoms with Gasteiger partial charge in [-0.25, -0.2) is 0 Å². The molecular weight excluding hydrogens is 215 g/mol. The van der Waals surface area contributed by atoms with Crippen LogP contribution < -0.4 is 0 Å². The minimum absolute atomic E-state index is 0.219. The summed E-state index contributed by atoms with van der Waals surface area (Å²) in [6.45, 7) is 1.85. The molecule has 1 nitrogen and oxygen atoms in total. The van der Waals surface area contributed by atoms with Crippen LogP contribution in [0.4, 0.5) is 13.2 Å². The van der Waals surface area contributed by atoms with Gasteiger partial charge in [-0.2, -0.15) is 18.4 Å². The zero-order valence-corrected chi connectivity index (χ0v) is 8.88. The lowest BCUT2D eigenvalue weighted by atomic mass is 9.97. The van der Waals surface area contributed by atoms with Crippen molar-refractivity contribution < 1.29 is 13.2 Å². The fraction of sp³-hybridized carbons (Fsp3) is 0.417. The summed E-state index contributed by atoms with van der Waals surface area (Å²) in [6, 6.07) is 7.22. The Bertz CT molecular complexity index is 390. The Labute approximate surface area is 92.5 Å². The first kappa shape index (κ1) is 12.6. The Morgan fingerprint density at radius 3 is 2.56 bits per heavy atom. The lowest BCUT2D eigenvalue weighted by Gasteiger charge is -2.10. The second kappa shape index (κ2) is 5.02. The number of benzene rings is 1. The Hall–Kier alpha value is -1.50. The lowest BCUT2D eigenvalue weighted by molar-refractivity contribution is -0.137. The van der Waals surface area contributed by atoms with Crippen LogP contribution >= 0.6 is 0 Å². The van der Waals surface area contributed by atoms with E-state index >= 15 is 0 Å². The molecule has 1 atom stereocenters. The molecule has 0 saturated heterocycles. The Morgan fingerprint density at radius 1 is 1.38 bits per heavy atom. The summed E-state index contributed by atoms with van der Waals surface area (Å²) in [7, 11) is 0. The van der Waals surface area contributed by atoms with E-state index in [0.717, 1.165) is 12.1 Å². The van der Waals surface area contributed by atoms with Crippen molar-refractivity contribution in [2.45, 2.75) is 25.9 Å². The van der Waals surface area contributed by atoms with Crippen molar-refractivity contribution in [3.8, 4) is 6.07 Å². The van der Waals surface area contributed by atoms with Gasteiger partial charge >= 0.3 is 6.18 Å². The quantitative estimate of drug-likeness (QED) is 0.770. The molecule has 4 heteroatoms. The minimum atomic E-state index is -4.32. The van der Waals surface area contributed by atoms with Crippen LogP contribution in [0, 0.1) is 17.2 Å². The maximum absolute atomic E-state index is 12.4. The van der Waals surface area contributed by atoms with Crippen LogP contribution in [0.2, 0.25) is 0 Å². The molecule has 0 aliphatic rings. The van der Waals surface area contributed by atoms with Gasteiger partial charge in [0.05, 0.1) is 17.6 Å². The van der Waals surface area contributed by atoms with Gasteiger partial charge in [-0.15, -0.1) is 0 Å². The molecule has 0 bridgehead atoms. The Morgan fingerprint density at radius 2 is 2.06 bits per heavy atom. The molecule has 0 N–H and O–H groups in total. The molecule has 0 radical (unpaired) electrons. The number of halogens is 3. The highest BCUT2D eigenvalue weighted by molar-refractivity contribution is 5.26. The van der Waals surface area contributed by atoms with E-state index in [4.69, 9.17) is 5.26 Å². The van der Waals surface area contributed by atoms with Crippen LogP contribution in [0.5, 0.6) is 0 Å². The van der Waals surface area contributed by atoms with Crippen LogP contribution in [-0.2, 0) is 12.6 Å². The molecule has 86 valence electrons. The molecule has 0 fully saturated rings. The standard InChI is InChI=1S/C12H12F3N/c1-2-9(8-16)6-10-4-3-5-11(7-10)12(13,14)15/h3-5,7,9H,2,6H2,1H3. The highest BCUT2D eigenvalue weighted by Gasteiger charge is 2.30. The number of alkyl halides is 3. The van der Waals surface area contributed by atoms with E-state index in [2.05, 4.69) is 6.07 Å². The van der Waals surface area contributed by atoms with E-state index in [1.54, 1.807) is 6.07 Å². The van der Waals surface area contributed by atoms with E-state index in [9.17, 15) is 13.2 Å². The average Bonchev–Trinajstić information content (AvgIpc) is 2.25. The SMILES string of the molecule is CCC(C#N)Cc1cccc(C(F)(F)F)c1. The zero-order valence-electron chi connectivity index (χ0n) is 8.88. The maximum Gasteiger partial charge on any atom is 0.416 e. The van der Waals surface area contributed by atoms with Gasteiger partial charge in [0.15, 0.2) is 0 Å². The summed E-state index contributed by atoms with van der Waals surface area (Å²) in [5.74, 6) is -0.219. The largest absolute Gasteiger partial charge is 0.416 e. The summed E-state index contributed by atoms with van der Waals surface area (Å²) < 4.78 is 37.2. The molecule has 16 heavy (non-hydrogen) atoms. The van der Waals surface area contributed by atoms with Gasteiger partial charge in [0.2, 0.25) is 0 Å². The van der Waals surface area contributed by atoms with Gasteiger partial charge in [-0.3, -0.25) is 0 Å². The molecule has 0 heterocycles. The molecule has 0 aliphatic heterocycles. The number of nitrogens with zero attached hydrogens (tertiary/aromatic N) is 1. The molecule has 0 spiro atoms. The number of hydrogen-bond acceptors (Lipinski definition) is 1. The average molecular weight is 227 g/mol. The monoisotopic (exact) mass is 227 g/mol. The number of nitriles is 1. The Balaban J connectivity index is 2.88. The number of rotatable bonds is 3. The van der Waals surface area contributed by atoms with Crippen molar-refractivity contribution in [2.24, 2.45) is 5.92 Å². The molecule has 0 aliphatic carbocycles. The van der Waals surface area contributed by atoms with E-state index in [-0.39, 0.29) is 5.92 Å². The van der Waals surface area contributed by atoms with Gasteiger partial charge in [-0.1, -0.05) is 25.1 Å². The van der Waals surface area contributed by atoms with E-state index in [0.29, 0.717) is 18.4 Å². The van der Waals surface area contributed by atoms with Crippen molar-refractivity contribution in [1.29, 1.82) is 5.26 Å². The lowest BCUT2D eigenvalue weighted by Crippen LogP contribution is -2.06. The summed E-state index contributed by atoms with van der Waals surface area (Å²) in [5.41, 5.74) is -0.0963. The van der Waals surface area contributed by atoms with Crippen LogP contribution in [-0.4, -0.2) is 0 Å². The van der Waals surface area contributed by atoms with Gasteiger partial charge in [0.25, 0.3) is 0 Å². The molecule has 1 rings (SSSR count). The fourth-order valence-electron chi connectivity index (χ4n) is 1.44. The third-order valence-corrected chi connectivity index (χ3v) is 2.41. The molecule has 1 aromatic rings. The first-order valence-corrected chi connectivity index (χ1v) is 5.03.